The van der Waals surface area contributed by atoms with Gasteiger partial charge in [-0.2, -0.15) is 9.78 Å². The third-order valence-electron chi connectivity index (χ3n) is 4.56. The Bertz CT molecular complexity index is 1330. The lowest BCUT2D eigenvalue weighted by atomic mass is 10.2. The molecule has 0 spiro atoms. The number of amides is 1. The molecular weight excluding hydrogens is 399 g/mol. The Morgan fingerprint density at radius 3 is 2.13 bits per heavy atom. The number of halogens is 1. The summed E-state index contributed by atoms with van der Waals surface area (Å²) >= 11 is 0. The molecule has 1 heterocycles. The SMILES string of the molecule is O=C(Nc1ccc(F)cc1)c1nn(-c2ccccc2)c(=O)n(Cc2ccccc2)c1=O. The molecular formula is C23H17FN4O3. The summed E-state index contributed by atoms with van der Waals surface area (Å²) in [4.78, 5) is 38.9. The van der Waals surface area contributed by atoms with Crippen molar-refractivity contribution in [2.24, 2.45) is 0 Å². The van der Waals surface area contributed by atoms with Crippen LogP contribution in [-0.2, 0) is 6.54 Å². The van der Waals surface area contributed by atoms with Crippen molar-refractivity contribution in [1.29, 1.82) is 0 Å². The number of aromatic nitrogens is 3. The fourth-order valence-corrected chi connectivity index (χ4v) is 3.02. The number of para-hydroxylation sites is 1. The molecule has 0 unspecified atom stereocenters. The number of nitrogens with zero attached hydrogens (tertiary/aromatic N) is 3. The van der Waals surface area contributed by atoms with Gasteiger partial charge in [-0.3, -0.25) is 14.2 Å². The summed E-state index contributed by atoms with van der Waals surface area (Å²) in [5.74, 6) is -1.26. The van der Waals surface area contributed by atoms with E-state index < -0.39 is 28.7 Å². The molecule has 3 aromatic carbocycles. The van der Waals surface area contributed by atoms with Crippen LogP contribution in [0.25, 0.3) is 5.69 Å². The monoisotopic (exact) mass is 416 g/mol. The lowest BCUT2D eigenvalue weighted by Gasteiger charge is -2.12. The molecule has 0 atom stereocenters. The van der Waals surface area contributed by atoms with E-state index in [0.29, 0.717) is 11.4 Å². The van der Waals surface area contributed by atoms with Gasteiger partial charge in [0.2, 0.25) is 5.69 Å². The topological polar surface area (TPSA) is 86.0 Å². The Morgan fingerprint density at radius 2 is 1.48 bits per heavy atom. The zero-order valence-electron chi connectivity index (χ0n) is 16.2. The smallest absolute Gasteiger partial charge is 0.320 e. The second-order valence-corrected chi connectivity index (χ2v) is 6.72. The molecule has 0 bridgehead atoms. The molecule has 0 aliphatic rings. The molecule has 0 saturated heterocycles. The average Bonchev–Trinajstić information content (AvgIpc) is 2.79. The summed E-state index contributed by atoms with van der Waals surface area (Å²) in [6.45, 7) is -0.0231. The predicted octanol–water partition coefficient (Wildman–Crippen LogP) is 2.83. The highest BCUT2D eigenvalue weighted by atomic mass is 19.1. The van der Waals surface area contributed by atoms with E-state index in [0.717, 1.165) is 14.8 Å². The quantitative estimate of drug-likeness (QED) is 0.542. The Morgan fingerprint density at radius 1 is 0.871 bits per heavy atom. The van der Waals surface area contributed by atoms with Crippen molar-refractivity contribution in [3.63, 3.8) is 0 Å². The van der Waals surface area contributed by atoms with E-state index >= 15 is 0 Å². The maximum absolute atomic E-state index is 13.1. The van der Waals surface area contributed by atoms with Crippen LogP contribution in [-0.4, -0.2) is 20.3 Å². The molecule has 0 fully saturated rings. The third-order valence-corrected chi connectivity index (χ3v) is 4.56. The molecule has 4 rings (SSSR count). The van der Waals surface area contributed by atoms with Gasteiger partial charge >= 0.3 is 5.69 Å². The zero-order chi connectivity index (χ0) is 21.8. The first kappa shape index (κ1) is 20.0. The van der Waals surface area contributed by atoms with Gasteiger partial charge in [-0.15, -0.1) is 0 Å². The van der Waals surface area contributed by atoms with Crippen molar-refractivity contribution in [3.8, 4) is 5.69 Å². The highest BCUT2D eigenvalue weighted by Crippen LogP contribution is 2.09. The number of carbonyl (C=O) groups is 1. The van der Waals surface area contributed by atoms with E-state index in [9.17, 15) is 18.8 Å². The van der Waals surface area contributed by atoms with Crippen molar-refractivity contribution in [2.45, 2.75) is 6.54 Å². The van der Waals surface area contributed by atoms with Crippen molar-refractivity contribution >= 4 is 11.6 Å². The maximum Gasteiger partial charge on any atom is 0.352 e. The molecule has 1 aromatic heterocycles. The first-order valence-electron chi connectivity index (χ1n) is 9.43. The van der Waals surface area contributed by atoms with Crippen molar-refractivity contribution < 1.29 is 9.18 Å². The maximum atomic E-state index is 13.1. The number of hydrogen-bond acceptors (Lipinski definition) is 4. The van der Waals surface area contributed by atoms with Crippen molar-refractivity contribution in [1.82, 2.24) is 14.3 Å². The Hall–Kier alpha value is -4.33. The van der Waals surface area contributed by atoms with Gasteiger partial charge in [0.15, 0.2) is 0 Å². The largest absolute Gasteiger partial charge is 0.352 e. The second kappa shape index (κ2) is 8.58. The van der Waals surface area contributed by atoms with E-state index in [1.807, 2.05) is 6.07 Å². The van der Waals surface area contributed by atoms with E-state index in [4.69, 9.17) is 0 Å². The average molecular weight is 416 g/mol. The van der Waals surface area contributed by atoms with E-state index in [-0.39, 0.29) is 6.54 Å². The van der Waals surface area contributed by atoms with Gasteiger partial charge in [0, 0.05) is 5.69 Å². The number of benzene rings is 3. The second-order valence-electron chi connectivity index (χ2n) is 6.72. The van der Waals surface area contributed by atoms with Crippen LogP contribution in [0.5, 0.6) is 0 Å². The number of carbonyl (C=O) groups excluding carboxylic acids is 1. The van der Waals surface area contributed by atoms with Gasteiger partial charge in [0.05, 0.1) is 12.2 Å². The molecule has 31 heavy (non-hydrogen) atoms. The summed E-state index contributed by atoms with van der Waals surface area (Å²) in [6.07, 6.45) is 0. The van der Waals surface area contributed by atoms with Crippen LogP contribution in [0.4, 0.5) is 10.1 Å². The van der Waals surface area contributed by atoms with Gasteiger partial charge in [0.1, 0.15) is 5.82 Å². The molecule has 154 valence electrons. The lowest BCUT2D eigenvalue weighted by Crippen LogP contribution is -2.45. The van der Waals surface area contributed by atoms with Crippen LogP contribution >= 0.6 is 0 Å². The third kappa shape index (κ3) is 4.32. The summed E-state index contributed by atoms with van der Waals surface area (Å²) in [5.41, 5.74) is -0.523. The molecule has 7 nitrogen and oxygen atoms in total. The van der Waals surface area contributed by atoms with Crippen LogP contribution in [0.1, 0.15) is 16.1 Å². The van der Waals surface area contributed by atoms with Crippen LogP contribution in [0.3, 0.4) is 0 Å². The Labute approximate surface area is 176 Å². The summed E-state index contributed by atoms with van der Waals surface area (Å²) < 4.78 is 15.1. The van der Waals surface area contributed by atoms with Crippen LogP contribution in [0.15, 0.2) is 94.5 Å². The summed E-state index contributed by atoms with van der Waals surface area (Å²) in [5, 5.41) is 6.56. The normalized spacial score (nSPS) is 10.6. The number of nitrogens with one attached hydrogen (secondary N) is 1. The van der Waals surface area contributed by atoms with Gasteiger partial charge in [-0.25, -0.2) is 9.18 Å². The minimum Gasteiger partial charge on any atom is -0.320 e. The summed E-state index contributed by atoms with van der Waals surface area (Å²) in [7, 11) is 0. The molecule has 0 radical (unpaired) electrons. The minimum absolute atomic E-state index is 0.0231. The van der Waals surface area contributed by atoms with Crippen molar-refractivity contribution in [3.05, 3.63) is 123 Å². The molecule has 0 saturated carbocycles. The first-order chi connectivity index (χ1) is 15.0. The highest BCUT2D eigenvalue weighted by molar-refractivity contribution is 6.02. The fraction of sp³-hybridized carbons (Fsp3) is 0.0435. The Kier molecular flexibility index (Phi) is 5.53. The summed E-state index contributed by atoms with van der Waals surface area (Å²) in [6, 6.07) is 22.5. The number of anilines is 1. The number of rotatable bonds is 5. The van der Waals surface area contributed by atoms with E-state index in [1.165, 1.54) is 24.3 Å². The van der Waals surface area contributed by atoms with Crippen LogP contribution in [0, 0.1) is 5.82 Å². The van der Waals surface area contributed by atoms with Crippen LogP contribution < -0.4 is 16.6 Å². The molecule has 0 aliphatic heterocycles. The van der Waals surface area contributed by atoms with E-state index in [1.54, 1.807) is 54.6 Å². The zero-order valence-corrected chi connectivity index (χ0v) is 16.2. The molecule has 1 N–H and O–H groups in total. The molecule has 1 amide bonds. The molecule has 8 heteroatoms. The van der Waals surface area contributed by atoms with Gasteiger partial charge < -0.3 is 5.32 Å². The fourth-order valence-electron chi connectivity index (χ4n) is 3.02. The molecule has 4 aromatic rings. The number of hydrogen-bond donors (Lipinski definition) is 1. The van der Waals surface area contributed by atoms with Crippen LogP contribution in [0.2, 0.25) is 0 Å². The van der Waals surface area contributed by atoms with Gasteiger partial charge in [0.25, 0.3) is 11.5 Å². The van der Waals surface area contributed by atoms with Crippen molar-refractivity contribution in [2.75, 3.05) is 5.32 Å². The highest BCUT2D eigenvalue weighted by Gasteiger charge is 2.20. The molecule has 0 aliphatic carbocycles. The first-order valence-corrected chi connectivity index (χ1v) is 9.43. The lowest BCUT2D eigenvalue weighted by molar-refractivity contribution is 0.101. The van der Waals surface area contributed by atoms with E-state index in [2.05, 4.69) is 10.4 Å². The van der Waals surface area contributed by atoms with Gasteiger partial charge in [-0.1, -0.05) is 48.5 Å². The minimum atomic E-state index is -0.819. The predicted molar refractivity (Wildman–Crippen MR) is 114 cm³/mol. The Balaban J connectivity index is 1.83. The standard InChI is InChI=1S/C23H17FN4O3/c24-17-11-13-18(14-12-17)25-21(29)20-22(30)27(15-16-7-3-1-4-8-16)23(31)28(26-20)19-9-5-2-6-10-19/h1-14H,15H2,(H,25,29). The van der Waals surface area contributed by atoms with Gasteiger partial charge in [-0.05, 0) is 42.0 Å².